The molecule has 9 nitrogen and oxygen atoms in total. The van der Waals surface area contributed by atoms with E-state index in [1.54, 1.807) is 13.8 Å². The summed E-state index contributed by atoms with van der Waals surface area (Å²) in [5, 5.41) is 18.5. The average molecular weight is 309 g/mol. The van der Waals surface area contributed by atoms with Crippen LogP contribution < -0.4 is 11.2 Å². The topological polar surface area (TPSA) is 133 Å². The molecule has 0 saturated heterocycles. The number of aryl methyl sites for hydroxylation is 1. The molecule has 0 fully saturated rings. The first kappa shape index (κ1) is 14.7. The van der Waals surface area contributed by atoms with Gasteiger partial charge >= 0.3 is 5.88 Å². The summed E-state index contributed by atoms with van der Waals surface area (Å²) in [6, 6.07) is 2.68. The predicted octanol–water partition coefficient (Wildman–Crippen LogP) is 1.71. The zero-order valence-electron chi connectivity index (χ0n) is 11.1. The molecule has 21 heavy (non-hydrogen) atoms. The van der Waals surface area contributed by atoms with Crippen molar-refractivity contribution in [3.8, 4) is 11.5 Å². The van der Waals surface area contributed by atoms with Gasteiger partial charge in [-0.05, 0) is 32.1 Å². The van der Waals surface area contributed by atoms with Gasteiger partial charge in [0.15, 0.2) is 16.6 Å². The number of nitrogens with one attached hydrogen (secondary N) is 1. The molecular formula is C11H11N5O4S. The lowest BCUT2D eigenvalue weighted by molar-refractivity contribution is -0.401. The minimum absolute atomic E-state index is 0.0126. The number of thiocarbonyl (C=S) groups is 1. The van der Waals surface area contributed by atoms with Gasteiger partial charge in [-0.25, -0.2) is 0 Å². The van der Waals surface area contributed by atoms with Crippen LogP contribution in [0.4, 0.5) is 5.88 Å². The van der Waals surface area contributed by atoms with Gasteiger partial charge in [0, 0.05) is 0 Å². The quantitative estimate of drug-likeness (QED) is 0.377. The molecule has 110 valence electrons. The Kier molecular flexibility index (Phi) is 3.98. The number of nitrogens with two attached hydrogens (primary N) is 1. The third kappa shape index (κ3) is 3.05. The second-order valence-electron chi connectivity index (χ2n) is 4.03. The van der Waals surface area contributed by atoms with E-state index in [1.807, 2.05) is 0 Å². The Bertz CT molecular complexity index is 733. The largest absolute Gasteiger partial charge is 0.433 e. The van der Waals surface area contributed by atoms with E-state index >= 15 is 0 Å². The van der Waals surface area contributed by atoms with Gasteiger partial charge in [-0.3, -0.25) is 15.5 Å². The molecule has 2 rings (SSSR count). The van der Waals surface area contributed by atoms with Crippen LogP contribution in [0.1, 0.15) is 18.2 Å². The van der Waals surface area contributed by atoms with Gasteiger partial charge in [0.25, 0.3) is 0 Å². The van der Waals surface area contributed by atoms with Gasteiger partial charge in [0.1, 0.15) is 10.7 Å². The van der Waals surface area contributed by atoms with Crippen molar-refractivity contribution < 1.29 is 13.9 Å². The second-order valence-corrected chi connectivity index (χ2v) is 4.47. The Morgan fingerprint density at radius 3 is 2.86 bits per heavy atom. The maximum Gasteiger partial charge on any atom is 0.433 e. The standard InChI is InChI=1S/C11H11N5O4S/c1-5(13-14-11(12)21)9-6(2)20-15-10(9)7-3-4-8(19-7)16(17)18/h3-4H,1-2H3,(H3,12,14,21). The van der Waals surface area contributed by atoms with E-state index in [4.69, 9.17) is 14.7 Å². The minimum atomic E-state index is -0.633. The number of aromatic nitrogens is 1. The molecule has 10 heteroatoms. The summed E-state index contributed by atoms with van der Waals surface area (Å²) in [5.74, 6) is 0.306. The third-order valence-electron chi connectivity index (χ3n) is 2.56. The van der Waals surface area contributed by atoms with E-state index in [1.165, 1.54) is 12.1 Å². The zero-order chi connectivity index (χ0) is 15.6. The van der Waals surface area contributed by atoms with Crippen LogP contribution in [0, 0.1) is 17.0 Å². The van der Waals surface area contributed by atoms with Crippen LogP contribution in [0.25, 0.3) is 11.5 Å². The second kappa shape index (κ2) is 5.71. The van der Waals surface area contributed by atoms with Crippen LogP contribution in [0.5, 0.6) is 0 Å². The fraction of sp³-hybridized carbons (Fsp3) is 0.182. The Balaban J connectivity index is 2.44. The van der Waals surface area contributed by atoms with Crippen molar-refractivity contribution in [3.63, 3.8) is 0 Å². The first-order valence-electron chi connectivity index (χ1n) is 5.71. The molecule has 0 unspecified atom stereocenters. The summed E-state index contributed by atoms with van der Waals surface area (Å²) in [5.41, 5.74) is 9.10. The molecule has 0 aromatic carbocycles. The van der Waals surface area contributed by atoms with Crippen molar-refractivity contribution in [2.45, 2.75) is 13.8 Å². The molecule has 2 heterocycles. The van der Waals surface area contributed by atoms with Crippen molar-refractivity contribution in [2.24, 2.45) is 10.8 Å². The van der Waals surface area contributed by atoms with E-state index in [9.17, 15) is 10.1 Å². The monoisotopic (exact) mass is 309 g/mol. The fourth-order valence-corrected chi connectivity index (χ4v) is 1.76. The van der Waals surface area contributed by atoms with Gasteiger partial charge in [0.2, 0.25) is 0 Å². The molecule has 0 aliphatic heterocycles. The van der Waals surface area contributed by atoms with E-state index in [0.717, 1.165) is 0 Å². The van der Waals surface area contributed by atoms with Crippen molar-refractivity contribution >= 4 is 28.9 Å². The van der Waals surface area contributed by atoms with E-state index in [-0.39, 0.29) is 16.8 Å². The number of rotatable bonds is 4. The van der Waals surface area contributed by atoms with E-state index in [2.05, 4.69) is 27.9 Å². The summed E-state index contributed by atoms with van der Waals surface area (Å²) in [6.07, 6.45) is 0. The van der Waals surface area contributed by atoms with Gasteiger partial charge in [0.05, 0.1) is 17.3 Å². The summed E-state index contributed by atoms with van der Waals surface area (Å²) < 4.78 is 10.2. The smallest absolute Gasteiger partial charge is 0.399 e. The number of hydrogen-bond donors (Lipinski definition) is 2. The van der Waals surface area contributed by atoms with Gasteiger partial charge in [-0.2, -0.15) is 5.10 Å². The Morgan fingerprint density at radius 2 is 2.29 bits per heavy atom. The highest BCUT2D eigenvalue weighted by molar-refractivity contribution is 7.80. The summed E-state index contributed by atoms with van der Waals surface area (Å²) in [6.45, 7) is 3.37. The maximum absolute atomic E-state index is 10.7. The molecule has 0 aliphatic rings. The number of hydrogen-bond acceptors (Lipinski definition) is 7. The van der Waals surface area contributed by atoms with Gasteiger partial charge in [-0.15, -0.1) is 0 Å². The summed E-state index contributed by atoms with van der Waals surface area (Å²) in [4.78, 5) is 10.0. The van der Waals surface area contributed by atoms with Gasteiger partial charge < -0.3 is 14.7 Å². The van der Waals surface area contributed by atoms with Crippen molar-refractivity contribution in [1.82, 2.24) is 10.6 Å². The first-order chi connectivity index (χ1) is 9.90. The molecule has 0 spiro atoms. The molecule has 0 radical (unpaired) electrons. The number of hydrazone groups is 1. The molecule has 0 bridgehead atoms. The summed E-state index contributed by atoms with van der Waals surface area (Å²) >= 11 is 4.66. The van der Waals surface area contributed by atoms with Crippen LogP contribution in [0.3, 0.4) is 0 Å². The lowest BCUT2D eigenvalue weighted by Crippen LogP contribution is -2.25. The van der Waals surface area contributed by atoms with Crippen molar-refractivity contribution in [3.05, 3.63) is 33.6 Å². The molecule has 2 aromatic rings. The third-order valence-corrected chi connectivity index (χ3v) is 2.65. The minimum Gasteiger partial charge on any atom is -0.399 e. The highest BCUT2D eigenvalue weighted by atomic mass is 32.1. The Morgan fingerprint density at radius 1 is 1.57 bits per heavy atom. The molecular weight excluding hydrogens is 298 g/mol. The number of nitro groups is 1. The number of nitrogens with zero attached hydrogens (tertiary/aromatic N) is 3. The predicted molar refractivity (Wildman–Crippen MR) is 77.7 cm³/mol. The summed E-state index contributed by atoms with van der Waals surface area (Å²) in [7, 11) is 0. The SMILES string of the molecule is CC(=NNC(N)=S)c1c(-c2ccc([N+](=O)[O-])o2)noc1C. The van der Waals surface area contributed by atoms with Crippen LogP contribution >= 0.6 is 12.2 Å². The van der Waals surface area contributed by atoms with Crippen molar-refractivity contribution in [1.29, 1.82) is 0 Å². The zero-order valence-corrected chi connectivity index (χ0v) is 11.9. The normalized spacial score (nSPS) is 11.4. The lowest BCUT2D eigenvalue weighted by Gasteiger charge is -2.01. The van der Waals surface area contributed by atoms with Gasteiger partial charge in [-0.1, -0.05) is 5.16 Å². The lowest BCUT2D eigenvalue weighted by atomic mass is 10.1. The van der Waals surface area contributed by atoms with Crippen LogP contribution in [0.2, 0.25) is 0 Å². The molecule has 0 amide bonds. The fourth-order valence-electron chi connectivity index (χ4n) is 1.71. The molecule has 2 aromatic heterocycles. The van der Waals surface area contributed by atoms with E-state index in [0.29, 0.717) is 22.7 Å². The average Bonchev–Trinajstić information content (AvgIpc) is 3.02. The van der Waals surface area contributed by atoms with Crippen molar-refractivity contribution in [2.75, 3.05) is 0 Å². The highest BCUT2D eigenvalue weighted by Crippen LogP contribution is 2.29. The van der Waals surface area contributed by atoms with Crippen LogP contribution in [-0.4, -0.2) is 20.9 Å². The Labute approximate surface area is 123 Å². The van der Waals surface area contributed by atoms with Crippen LogP contribution in [0.15, 0.2) is 26.2 Å². The molecule has 3 N–H and O–H groups in total. The maximum atomic E-state index is 10.7. The highest BCUT2D eigenvalue weighted by Gasteiger charge is 2.22. The van der Waals surface area contributed by atoms with E-state index < -0.39 is 4.92 Å². The molecule has 0 saturated carbocycles. The molecule has 0 aliphatic carbocycles. The molecule has 0 atom stereocenters. The Hall–Kier alpha value is -2.75. The number of furan rings is 1. The van der Waals surface area contributed by atoms with Crippen LogP contribution in [-0.2, 0) is 0 Å². The first-order valence-corrected chi connectivity index (χ1v) is 6.12.